The molecule has 1 unspecified atom stereocenters. The molecule has 0 heterocycles. The first kappa shape index (κ1) is 16.7. The summed E-state index contributed by atoms with van der Waals surface area (Å²) >= 11 is 0. The topological polar surface area (TPSA) is 72.2 Å². The molecule has 5 heteroatoms. The molecule has 23 heavy (non-hydrogen) atoms. The van der Waals surface area contributed by atoms with Crippen LogP contribution in [0.2, 0.25) is 0 Å². The highest BCUT2D eigenvalue weighted by molar-refractivity contribution is 5.96. The molecule has 120 valence electrons. The Labute approximate surface area is 135 Å². The Morgan fingerprint density at radius 1 is 1.17 bits per heavy atom. The van der Waals surface area contributed by atoms with Gasteiger partial charge in [-0.25, -0.2) is 0 Å². The Bertz CT molecular complexity index is 699. The quantitative estimate of drug-likeness (QED) is 0.651. The summed E-state index contributed by atoms with van der Waals surface area (Å²) in [5.41, 5.74) is 1.88. The van der Waals surface area contributed by atoms with Crippen molar-refractivity contribution in [1.82, 2.24) is 5.32 Å². The van der Waals surface area contributed by atoms with Gasteiger partial charge in [-0.3, -0.25) is 14.9 Å². The van der Waals surface area contributed by atoms with Crippen LogP contribution in [0.15, 0.2) is 48.5 Å². The van der Waals surface area contributed by atoms with Gasteiger partial charge in [0.2, 0.25) is 0 Å². The molecule has 0 aliphatic carbocycles. The van der Waals surface area contributed by atoms with E-state index in [0.29, 0.717) is 17.7 Å². The van der Waals surface area contributed by atoms with Crippen molar-refractivity contribution in [2.24, 2.45) is 0 Å². The van der Waals surface area contributed by atoms with Gasteiger partial charge in [-0.1, -0.05) is 43.3 Å². The second-order valence-corrected chi connectivity index (χ2v) is 5.43. The van der Waals surface area contributed by atoms with Crippen molar-refractivity contribution >= 4 is 11.6 Å². The minimum atomic E-state index is -0.467. The Balaban J connectivity index is 2.11. The van der Waals surface area contributed by atoms with Crippen LogP contribution >= 0.6 is 0 Å². The second-order valence-electron chi connectivity index (χ2n) is 5.43. The lowest BCUT2D eigenvalue weighted by atomic mass is 9.96. The van der Waals surface area contributed by atoms with Gasteiger partial charge in [-0.05, 0) is 25.0 Å². The molecule has 0 aliphatic heterocycles. The van der Waals surface area contributed by atoms with Gasteiger partial charge < -0.3 is 5.32 Å². The van der Waals surface area contributed by atoms with E-state index in [1.54, 1.807) is 13.0 Å². The standard InChI is InChI=1S/C18H20N2O3/c1-3-14(15-8-5-4-6-9-15)12-19-18(21)16-10-7-11-17(13(16)2)20(22)23/h4-11,14H,3,12H2,1-2H3,(H,19,21). The van der Waals surface area contributed by atoms with Crippen molar-refractivity contribution in [3.05, 3.63) is 75.3 Å². The highest BCUT2D eigenvalue weighted by atomic mass is 16.6. The van der Waals surface area contributed by atoms with Crippen molar-refractivity contribution in [3.8, 4) is 0 Å². The zero-order chi connectivity index (χ0) is 16.8. The average Bonchev–Trinajstić information content (AvgIpc) is 2.56. The molecule has 1 amide bonds. The minimum absolute atomic E-state index is 0.0345. The van der Waals surface area contributed by atoms with Gasteiger partial charge in [0.1, 0.15) is 0 Å². The first-order valence-corrected chi connectivity index (χ1v) is 7.61. The highest BCUT2D eigenvalue weighted by Crippen LogP contribution is 2.22. The fraction of sp³-hybridized carbons (Fsp3) is 0.278. The Kier molecular flexibility index (Phi) is 5.46. The smallest absolute Gasteiger partial charge is 0.273 e. The summed E-state index contributed by atoms with van der Waals surface area (Å²) < 4.78 is 0. The van der Waals surface area contributed by atoms with E-state index in [2.05, 4.69) is 12.2 Å². The molecule has 0 bridgehead atoms. The van der Waals surface area contributed by atoms with Crippen LogP contribution in [0.3, 0.4) is 0 Å². The molecule has 2 aromatic carbocycles. The van der Waals surface area contributed by atoms with Crippen LogP contribution in [0.5, 0.6) is 0 Å². The number of carbonyl (C=O) groups is 1. The van der Waals surface area contributed by atoms with Crippen molar-refractivity contribution < 1.29 is 9.72 Å². The molecule has 5 nitrogen and oxygen atoms in total. The fourth-order valence-electron chi connectivity index (χ4n) is 2.60. The number of hydrogen-bond donors (Lipinski definition) is 1. The van der Waals surface area contributed by atoms with Gasteiger partial charge in [-0.15, -0.1) is 0 Å². The minimum Gasteiger partial charge on any atom is -0.351 e. The van der Waals surface area contributed by atoms with Gasteiger partial charge in [0.15, 0.2) is 0 Å². The lowest BCUT2D eigenvalue weighted by molar-refractivity contribution is -0.385. The Hall–Kier alpha value is -2.69. The number of benzene rings is 2. The summed E-state index contributed by atoms with van der Waals surface area (Å²) in [6.07, 6.45) is 0.901. The number of carbonyl (C=O) groups excluding carboxylic acids is 1. The summed E-state index contributed by atoms with van der Waals surface area (Å²) in [7, 11) is 0. The molecule has 0 spiro atoms. The van der Waals surface area contributed by atoms with Gasteiger partial charge in [0, 0.05) is 29.7 Å². The van der Waals surface area contributed by atoms with E-state index in [4.69, 9.17) is 0 Å². The van der Waals surface area contributed by atoms with Crippen molar-refractivity contribution in [2.75, 3.05) is 6.54 Å². The lowest BCUT2D eigenvalue weighted by Crippen LogP contribution is -2.29. The van der Waals surface area contributed by atoms with Gasteiger partial charge in [0.25, 0.3) is 11.6 Å². The average molecular weight is 312 g/mol. The number of nitro groups is 1. The number of nitrogens with one attached hydrogen (secondary N) is 1. The van der Waals surface area contributed by atoms with Crippen molar-refractivity contribution in [2.45, 2.75) is 26.2 Å². The maximum atomic E-state index is 12.4. The van der Waals surface area contributed by atoms with E-state index in [9.17, 15) is 14.9 Å². The zero-order valence-corrected chi connectivity index (χ0v) is 13.3. The Morgan fingerprint density at radius 2 is 1.87 bits per heavy atom. The van der Waals surface area contributed by atoms with Crippen LogP contribution in [0.25, 0.3) is 0 Å². The SMILES string of the molecule is CCC(CNC(=O)c1cccc([N+](=O)[O-])c1C)c1ccccc1. The molecular formula is C18H20N2O3. The third-order valence-electron chi connectivity index (χ3n) is 4.02. The summed E-state index contributed by atoms with van der Waals surface area (Å²) in [5.74, 6) is -0.0558. The van der Waals surface area contributed by atoms with Gasteiger partial charge >= 0.3 is 0 Å². The largest absolute Gasteiger partial charge is 0.351 e. The molecule has 1 atom stereocenters. The summed E-state index contributed by atoms with van der Waals surface area (Å²) in [5, 5.41) is 13.9. The third kappa shape index (κ3) is 3.94. The third-order valence-corrected chi connectivity index (χ3v) is 4.02. The maximum Gasteiger partial charge on any atom is 0.273 e. The molecule has 2 rings (SSSR count). The molecule has 0 saturated carbocycles. The van der Waals surface area contributed by atoms with Gasteiger partial charge in [-0.2, -0.15) is 0 Å². The molecular weight excluding hydrogens is 292 g/mol. The Morgan fingerprint density at radius 3 is 2.48 bits per heavy atom. The predicted molar refractivity (Wildman–Crippen MR) is 89.6 cm³/mol. The molecule has 1 N–H and O–H groups in total. The van der Waals surface area contributed by atoms with E-state index in [1.165, 1.54) is 17.7 Å². The van der Waals surface area contributed by atoms with Crippen LogP contribution in [-0.2, 0) is 0 Å². The lowest BCUT2D eigenvalue weighted by Gasteiger charge is -2.16. The number of nitro benzene ring substituents is 1. The highest BCUT2D eigenvalue weighted by Gasteiger charge is 2.18. The van der Waals surface area contributed by atoms with Gasteiger partial charge in [0.05, 0.1) is 4.92 Å². The van der Waals surface area contributed by atoms with Crippen LogP contribution < -0.4 is 5.32 Å². The van der Waals surface area contributed by atoms with Crippen LogP contribution in [0.1, 0.15) is 40.7 Å². The summed E-state index contributed by atoms with van der Waals surface area (Å²) in [6.45, 7) is 4.17. The number of nitrogens with zero attached hydrogens (tertiary/aromatic N) is 1. The molecule has 0 aromatic heterocycles. The van der Waals surface area contributed by atoms with Crippen molar-refractivity contribution in [1.29, 1.82) is 0 Å². The monoisotopic (exact) mass is 312 g/mol. The second kappa shape index (κ2) is 7.54. The summed E-state index contributed by atoms with van der Waals surface area (Å²) in [6, 6.07) is 14.6. The molecule has 0 aliphatic rings. The molecule has 0 saturated heterocycles. The van der Waals surface area contributed by atoms with Crippen LogP contribution in [-0.4, -0.2) is 17.4 Å². The summed E-state index contributed by atoms with van der Waals surface area (Å²) in [4.78, 5) is 22.9. The van der Waals surface area contributed by atoms with Crippen LogP contribution in [0.4, 0.5) is 5.69 Å². The zero-order valence-electron chi connectivity index (χ0n) is 13.3. The number of rotatable bonds is 6. The molecule has 2 aromatic rings. The molecule has 0 radical (unpaired) electrons. The van der Waals surface area contributed by atoms with E-state index in [-0.39, 0.29) is 17.5 Å². The predicted octanol–water partition coefficient (Wildman–Crippen LogP) is 3.83. The van der Waals surface area contributed by atoms with Crippen LogP contribution in [0, 0.1) is 17.0 Å². The first-order valence-electron chi connectivity index (χ1n) is 7.61. The normalized spacial score (nSPS) is 11.7. The number of amides is 1. The van der Waals surface area contributed by atoms with E-state index >= 15 is 0 Å². The maximum absolute atomic E-state index is 12.4. The van der Waals surface area contributed by atoms with E-state index < -0.39 is 4.92 Å². The fourth-order valence-corrected chi connectivity index (χ4v) is 2.60. The molecule has 0 fully saturated rings. The first-order chi connectivity index (χ1) is 11.0. The van der Waals surface area contributed by atoms with E-state index in [0.717, 1.165) is 6.42 Å². The van der Waals surface area contributed by atoms with E-state index in [1.807, 2.05) is 30.3 Å². The van der Waals surface area contributed by atoms with Crippen molar-refractivity contribution in [3.63, 3.8) is 0 Å². The number of hydrogen-bond acceptors (Lipinski definition) is 3.